The smallest absolute Gasteiger partial charge is 0.313 e. The molecule has 1 aromatic heterocycles. The van der Waals surface area contributed by atoms with Gasteiger partial charge in [-0.1, -0.05) is 0 Å². The molecule has 7 nitrogen and oxygen atoms in total. The van der Waals surface area contributed by atoms with E-state index < -0.39 is 11.8 Å². The quantitative estimate of drug-likeness (QED) is 0.630. The largest absolute Gasteiger partial charge is 0.486 e. The number of hydrogen-bond donors (Lipinski definition) is 3. The number of rotatable bonds is 7. The van der Waals surface area contributed by atoms with Crippen LogP contribution in [0.2, 0.25) is 0 Å². The molecule has 0 unspecified atom stereocenters. The van der Waals surface area contributed by atoms with Crippen LogP contribution in [-0.4, -0.2) is 43.3 Å². The number of thiophene rings is 1. The zero-order chi connectivity index (χ0) is 19.1. The van der Waals surface area contributed by atoms with Crippen LogP contribution in [0, 0.1) is 0 Å². The lowest BCUT2D eigenvalue weighted by molar-refractivity contribution is -0.136. The number of amides is 2. The van der Waals surface area contributed by atoms with Crippen molar-refractivity contribution in [1.82, 2.24) is 5.32 Å². The molecule has 0 spiro atoms. The monoisotopic (exact) mass is 390 g/mol. The lowest BCUT2D eigenvalue weighted by atomic mass is 9.95. The highest BCUT2D eigenvalue weighted by Gasteiger charge is 2.17. The van der Waals surface area contributed by atoms with Gasteiger partial charge in [0.05, 0.1) is 0 Å². The fraction of sp³-hybridized carbons (Fsp3) is 0.368. The van der Waals surface area contributed by atoms with Gasteiger partial charge in [0.15, 0.2) is 11.5 Å². The minimum absolute atomic E-state index is 0.0824. The summed E-state index contributed by atoms with van der Waals surface area (Å²) in [4.78, 5) is 24.1. The average Bonchev–Trinajstić information content (AvgIpc) is 3.21. The highest BCUT2D eigenvalue weighted by Crippen LogP contribution is 2.32. The number of aliphatic hydroxyl groups is 1. The number of ether oxygens (including phenoxy) is 2. The van der Waals surface area contributed by atoms with Crippen LogP contribution >= 0.6 is 11.3 Å². The van der Waals surface area contributed by atoms with Crippen LogP contribution in [0.25, 0.3) is 0 Å². The minimum Gasteiger partial charge on any atom is -0.486 e. The maximum Gasteiger partial charge on any atom is 0.313 e. The first kappa shape index (κ1) is 19.2. The summed E-state index contributed by atoms with van der Waals surface area (Å²) in [7, 11) is 0. The van der Waals surface area contributed by atoms with Gasteiger partial charge in [-0.05, 0) is 53.3 Å². The summed E-state index contributed by atoms with van der Waals surface area (Å²) in [6, 6.07) is 7.00. The summed E-state index contributed by atoms with van der Waals surface area (Å²) in [5, 5.41) is 18.4. The van der Waals surface area contributed by atoms with Crippen LogP contribution in [0.5, 0.6) is 11.5 Å². The number of anilines is 1. The molecular formula is C19H22N2O5S. The molecule has 0 bridgehead atoms. The second kappa shape index (κ2) is 9.38. The molecule has 144 valence electrons. The van der Waals surface area contributed by atoms with Gasteiger partial charge in [0.1, 0.15) is 13.2 Å². The average molecular weight is 390 g/mol. The molecule has 3 rings (SSSR count). The highest BCUT2D eigenvalue weighted by molar-refractivity contribution is 7.08. The Bertz CT molecular complexity index is 778. The van der Waals surface area contributed by atoms with Crippen molar-refractivity contribution >= 4 is 28.8 Å². The molecule has 3 N–H and O–H groups in total. The van der Waals surface area contributed by atoms with E-state index in [1.165, 1.54) is 0 Å². The van der Waals surface area contributed by atoms with Crippen molar-refractivity contribution in [2.45, 2.75) is 18.8 Å². The van der Waals surface area contributed by atoms with Gasteiger partial charge in [-0.15, -0.1) is 0 Å². The molecule has 2 amide bonds. The van der Waals surface area contributed by atoms with Crippen LogP contribution in [0.1, 0.15) is 24.3 Å². The molecular weight excluding hydrogens is 368 g/mol. The molecule has 1 atom stereocenters. The molecule has 1 aliphatic rings. The van der Waals surface area contributed by atoms with Crippen LogP contribution in [0.15, 0.2) is 35.0 Å². The summed E-state index contributed by atoms with van der Waals surface area (Å²) >= 11 is 1.60. The van der Waals surface area contributed by atoms with Gasteiger partial charge in [-0.3, -0.25) is 9.59 Å². The Morgan fingerprint density at radius 3 is 2.67 bits per heavy atom. The van der Waals surface area contributed by atoms with Crippen molar-refractivity contribution in [2.24, 2.45) is 0 Å². The SMILES string of the molecule is O=C(NCC[C@H](CCO)c1ccsc1)C(=O)Nc1ccc2c(c1)OCCO2. The zero-order valence-corrected chi connectivity index (χ0v) is 15.6. The molecule has 0 radical (unpaired) electrons. The van der Waals surface area contributed by atoms with Gasteiger partial charge in [0, 0.05) is 24.9 Å². The normalized spacial score (nSPS) is 13.7. The lowest BCUT2D eigenvalue weighted by Gasteiger charge is -2.19. The molecule has 8 heteroatoms. The second-order valence-electron chi connectivity index (χ2n) is 6.12. The van der Waals surface area contributed by atoms with Gasteiger partial charge in [-0.2, -0.15) is 11.3 Å². The van der Waals surface area contributed by atoms with Crippen molar-refractivity contribution in [2.75, 3.05) is 31.7 Å². The van der Waals surface area contributed by atoms with Gasteiger partial charge in [-0.25, -0.2) is 0 Å². The Kier molecular flexibility index (Phi) is 6.67. The molecule has 2 aromatic rings. The molecule has 1 aromatic carbocycles. The maximum absolute atomic E-state index is 12.1. The van der Waals surface area contributed by atoms with Gasteiger partial charge in [0.25, 0.3) is 0 Å². The van der Waals surface area contributed by atoms with Gasteiger partial charge >= 0.3 is 11.8 Å². The fourth-order valence-corrected chi connectivity index (χ4v) is 3.63. The molecule has 27 heavy (non-hydrogen) atoms. The van der Waals surface area contributed by atoms with Crippen LogP contribution < -0.4 is 20.1 Å². The Morgan fingerprint density at radius 2 is 1.93 bits per heavy atom. The second-order valence-corrected chi connectivity index (χ2v) is 6.90. The van der Waals surface area contributed by atoms with Crippen molar-refractivity contribution in [1.29, 1.82) is 0 Å². The van der Waals surface area contributed by atoms with Gasteiger partial charge < -0.3 is 25.2 Å². The third-order valence-electron chi connectivity index (χ3n) is 4.28. The topological polar surface area (TPSA) is 96.9 Å². The summed E-state index contributed by atoms with van der Waals surface area (Å²) in [6.45, 7) is 1.38. The van der Waals surface area contributed by atoms with Crippen LogP contribution in [0.4, 0.5) is 5.69 Å². The van der Waals surface area contributed by atoms with E-state index in [-0.39, 0.29) is 12.5 Å². The van der Waals surface area contributed by atoms with Crippen molar-refractivity contribution in [3.8, 4) is 11.5 Å². The van der Waals surface area contributed by atoms with E-state index in [1.54, 1.807) is 29.5 Å². The highest BCUT2D eigenvalue weighted by atomic mass is 32.1. The Balaban J connectivity index is 1.48. The Hall–Kier alpha value is -2.58. The summed E-state index contributed by atoms with van der Waals surface area (Å²) in [5.41, 5.74) is 1.61. The standard InChI is InChI=1S/C19H22N2O5S/c22-7-4-13(14-5-10-27-12-14)3-6-20-18(23)19(24)21-15-1-2-16-17(11-15)26-9-8-25-16/h1-2,5,10-13,22H,3-4,6-9H2,(H,20,23)(H,21,24)/t13-/m1/s1. The first-order valence-corrected chi connectivity index (χ1v) is 9.73. The minimum atomic E-state index is -0.735. The number of fused-ring (bicyclic) bond motifs is 1. The number of hydrogen-bond acceptors (Lipinski definition) is 6. The van der Waals surface area contributed by atoms with E-state index in [9.17, 15) is 14.7 Å². The van der Waals surface area contributed by atoms with E-state index in [1.807, 2.05) is 16.8 Å². The predicted molar refractivity (Wildman–Crippen MR) is 102 cm³/mol. The Labute approximate surface area is 161 Å². The molecule has 0 aliphatic carbocycles. The lowest BCUT2D eigenvalue weighted by Crippen LogP contribution is -2.36. The molecule has 1 aliphatic heterocycles. The predicted octanol–water partition coefficient (Wildman–Crippen LogP) is 2.13. The third kappa shape index (κ3) is 5.21. The van der Waals surface area contributed by atoms with Crippen molar-refractivity contribution < 1.29 is 24.2 Å². The maximum atomic E-state index is 12.1. The van der Waals surface area contributed by atoms with Crippen molar-refractivity contribution in [3.05, 3.63) is 40.6 Å². The molecule has 0 fully saturated rings. The number of aliphatic hydroxyl groups excluding tert-OH is 1. The van der Waals surface area contributed by atoms with E-state index in [0.717, 1.165) is 5.56 Å². The van der Waals surface area contributed by atoms with E-state index in [4.69, 9.17) is 9.47 Å². The summed E-state index contributed by atoms with van der Waals surface area (Å²) < 4.78 is 10.9. The fourth-order valence-electron chi connectivity index (χ4n) is 2.89. The molecule has 0 saturated carbocycles. The number of carbonyl (C=O) groups is 2. The first-order chi connectivity index (χ1) is 13.2. The zero-order valence-electron chi connectivity index (χ0n) is 14.8. The van der Waals surface area contributed by atoms with Crippen molar-refractivity contribution in [3.63, 3.8) is 0 Å². The number of benzene rings is 1. The van der Waals surface area contributed by atoms with E-state index >= 15 is 0 Å². The molecule has 0 saturated heterocycles. The van der Waals surface area contributed by atoms with Crippen LogP contribution in [-0.2, 0) is 9.59 Å². The van der Waals surface area contributed by atoms with Gasteiger partial charge in [0.2, 0.25) is 0 Å². The Morgan fingerprint density at radius 1 is 1.11 bits per heavy atom. The van der Waals surface area contributed by atoms with E-state index in [0.29, 0.717) is 49.8 Å². The third-order valence-corrected chi connectivity index (χ3v) is 4.98. The molecule has 2 heterocycles. The first-order valence-electron chi connectivity index (χ1n) is 8.79. The number of nitrogens with one attached hydrogen (secondary N) is 2. The number of carbonyl (C=O) groups excluding carboxylic acids is 2. The summed E-state index contributed by atoms with van der Waals surface area (Å²) in [6.07, 6.45) is 1.27. The summed E-state index contributed by atoms with van der Waals surface area (Å²) in [5.74, 6) is -0.115. The van der Waals surface area contributed by atoms with Crippen LogP contribution in [0.3, 0.4) is 0 Å². The van der Waals surface area contributed by atoms with E-state index in [2.05, 4.69) is 10.6 Å².